The van der Waals surface area contributed by atoms with Gasteiger partial charge in [-0.05, 0) is 6.42 Å². The third-order valence-corrected chi connectivity index (χ3v) is 3.77. The van der Waals surface area contributed by atoms with Crippen molar-refractivity contribution in [2.24, 2.45) is 5.41 Å². The van der Waals surface area contributed by atoms with E-state index in [0.717, 1.165) is 0 Å². The van der Waals surface area contributed by atoms with Crippen molar-refractivity contribution in [2.45, 2.75) is 45.0 Å². The number of alkyl halides is 6. The molecule has 0 rings (SSSR count). The molecule has 0 aliphatic heterocycles. The maximum Gasteiger partial charge on any atom is 0.390 e. The Balaban J connectivity index is 5.71. The zero-order valence-corrected chi connectivity index (χ0v) is 13.0. The van der Waals surface area contributed by atoms with Crippen molar-refractivity contribution in [3.8, 4) is 0 Å². The number of halogens is 6. The monoisotopic (exact) mass is 374 g/mol. The Morgan fingerprint density at radius 3 is 1.78 bits per heavy atom. The number of hydrogen-bond donors (Lipinski definition) is 2. The fourth-order valence-electron chi connectivity index (χ4n) is 2.01. The zero-order chi connectivity index (χ0) is 18.5. The van der Waals surface area contributed by atoms with Crippen LogP contribution in [0.15, 0.2) is 0 Å². The molecule has 0 atom stereocenters. The molecule has 0 saturated carbocycles. The number of carbonyl (C=O) groups excluding carboxylic acids is 1. The lowest BCUT2D eigenvalue weighted by molar-refractivity contribution is -0.206. The van der Waals surface area contributed by atoms with Crippen LogP contribution in [0, 0.1) is 5.41 Å². The first kappa shape index (κ1) is 22.2. The Morgan fingerprint density at radius 2 is 1.48 bits per heavy atom. The van der Waals surface area contributed by atoms with E-state index in [1.165, 1.54) is 0 Å². The molecule has 5 nitrogen and oxygen atoms in total. The van der Waals surface area contributed by atoms with Gasteiger partial charge in [-0.3, -0.25) is 9.36 Å². The average Bonchev–Trinajstić information content (AvgIpc) is 2.21. The molecule has 0 aromatic heterocycles. The Morgan fingerprint density at radius 1 is 1.04 bits per heavy atom. The van der Waals surface area contributed by atoms with Gasteiger partial charge < -0.3 is 14.5 Å². The van der Waals surface area contributed by atoms with Crippen LogP contribution in [-0.4, -0.2) is 40.9 Å². The van der Waals surface area contributed by atoms with E-state index >= 15 is 0 Å². The second-order valence-electron chi connectivity index (χ2n) is 5.18. The van der Waals surface area contributed by atoms with Crippen LogP contribution < -0.4 is 0 Å². The third kappa shape index (κ3) is 9.83. The molecule has 23 heavy (non-hydrogen) atoms. The lowest BCUT2D eigenvalue weighted by Gasteiger charge is -2.33. The van der Waals surface area contributed by atoms with Crippen molar-refractivity contribution >= 4 is 13.6 Å². The fraction of sp³-hybridized carbons (Fsp3) is 0.909. The maximum atomic E-state index is 12.6. The summed E-state index contributed by atoms with van der Waals surface area (Å²) in [6.45, 7) is 1.20. The summed E-state index contributed by atoms with van der Waals surface area (Å²) in [5, 5.41) is 0. The first-order valence-corrected chi connectivity index (χ1v) is 8.25. The van der Waals surface area contributed by atoms with Gasteiger partial charge in [0.15, 0.2) is 0 Å². The van der Waals surface area contributed by atoms with Crippen LogP contribution in [0.25, 0.3) is 0 Å². The van der Waals surface area contributed by atoms with Gasteiger partial charge >= 0.3 is 25.9 Å². The molecule has 0 spiro atoms. The molecular weight excluding hydrogens is 357 g/mol. The van der Waals surface area contributed by atoms with Crippen LogP contribution >= 0.6 is 7.60 Å². The van der Waals surface area contributed by atoms with Crippen molar-refractivity contribution in [3.05, 3.63) is 0 Å². The predicted molar refractivity (Wildman–Crippen MR) is 66.6 cm³/mol. The zero-order valence-electron chi connectivity index (χ0n) is 12.1. The van der Waals surface area contributed by atoms with Crippen LogP contribution in [0.3, 0.4) is 0 Å². The second kappa shape index (κ2) is 7.85. The highest BCUT2D eigenvalue weighted by atomic mass is 31.2. The first-order chi connectivity index (χ1) is 10.1. The molecule has 0 heterocycles. The van der Waals surface area contributed by atoms with E-state index in [1.54, 1.807) is 6.92 Å². The average molecular weight is 374 g/mol. The van der Waals surface area contributed by atoms with E-state index < -0.39 is 56.9 Å². The summed E-state index contributed by atoms with van der Waals surface area (Å²) >= 11 is 0. The molecule has 12 heteroatoms. The number of hydrogen-bond acceptors (Lipinski definition) is 3. The van der Waals surface area contributed by atoms with E-state index in [-0.39, 0.29) is 6.42 Å². The highest BCUT2D eigenvalue weighted by molar-refractivity contribution is 7.51. The quantitative estimate of drug-likeness (QED) is 0.295. The Labute approximate surface area is 128 Å². The summed E-state index contributed by atoms with van der Waals surface area (Å²) in [6.07, 6.45) is -16.4. The summed E-state index contributed by atoms with van der Waals surface area (Å²) in [5.74, 6) is -1.91. The summed E-state index contributed by atoms with van der Waals surface area (Å²) in [7, 11) is -5.35. The Hall–Kier alpha value is -0.800. The Kier molecular flexibility index (Phi) is 7.58. The number of unbranched alkanes of at least 4 members (excludes halogenated alkanes) is 1. The summed E-state index contributed by atoms with van der Waals surface area (Å²) < 4.78 is 91.1. The second-order valence-corrected chi connectivity index (χ2v) is 6.82. The van der Waals surface area contributed by atoms with Gasteiger partial charge in [0.2, 0.25) is 0 Å². The molecule has 0 saturated heterocycles. The van der Waals surface area contributed by atoms with Crippen molar-refractivity contribution in [3.63, 3.8) is 0 Å². The van der Waals surface area contributed by atoms with Gasteiger partial charge in [-0.25, -0.2) is 0 Å². The van der Waals surface area contributed by atoms with Crippen LogP contribution in [0.4, 0.5) is 26.3 Å². The van der Waals surface area contributed by atoms with Gasteiger partial charge in [0.05, 0.1) is 31.0 Å². The largest absolute Gasteiger partial charge is 0.465 e. The molecule has 0 radical (unpaired) electrons. The third-order valence-electron chi connectivity index (χ3n) is 2.75. The molecule has 0 aromatic carbocycles. The molecule has 0 aromatic rings. The fourth-order valence-corrected chi connectivity index (χ4v) is 3.15. The van der Waals surface area contributed by atoms with E-state index in [0.29, 0.717) is 6.42 Å². The summed E-state index contributed by atoms with van der Waals surface area (Å²) in [5.41, 5.74) is -3.41. The van der Waals surface area contributed by atoms with Gasteiger partial charge in [-0.2, -0.15) is 26.3 Å². The molecule has 138 valence electrons. The smallest absolute Gasteiger partial charge is 0.390 e. The number of carbonyl (C=O) groups is 1. The van der Waals surface area contributed by atoms with Gasteiger partial charge in [-0.15, -0.1) is 0 Å². The molecular formula is C11H17F6O5P. The first-order valence-electron chi connectivity index (χ1n) is 6.45. The van der Waals surface area contributed by atoms with Crippen LogP contribution in [0.5, 0.6) is 0 Å². The molecule has 0 amide bonds. The molecule has 0 bridgehead atoms. The van der Waals surface area contributed by atoms with Crippen molar-refractivity contribution < 1.29 is 50.2 Å². The van der Waals surface area contributed by atoms with E-state index in [2.05, 4.69) is 4.74 Å². The van der Waals surface area contributed by atoms with Crippen LogP contribution in [0.1, 0.15) is 32.6 Å². The lowest BCUT2D eigenvalue weighted by Crippen LogP contribution is -2.44. The molecule has 0 unspecified atom stereocenters. The minimum absolute atomic E-state index is 0.190. The lowest BCUT2D eigenvalue weighted by atomic mass is 9.82. The molecule has 0 aliphatic carbocycles. The molecule has 0 aliphatic rings. The standard InChI is InChI=1S/C11H17F6O5P/c1-2-3-4-22-8(18)9(5-10(12,13)14,6-11(15,16)17)7-23(19,20)21/h2-7H2,1H3,(H2,19,20,21). The van der Waals surface area contributed by atoms with Crippen molar-refractivity contribution in [1.29, 1.82) is 0 Å². The topological polar surface area (TPSA) is 83.8 Å². The highest BCUT2D eigenvalue weighted by Gasteiger charge is 2.57. The number of ether oxygens (including phenoxy) is 1. The Bertz CT molecular complexity index is 425. The van der Waals surface area contributed by atoms with Crippen molar-refractivity contribution in [2.75, 3.05) is 12.8 Å². The van der Waals surface area contributed by atoms with Crippen molar-refractivity contribution in [1.82, 2.24) is 0 Å². The molecule has 2 N–H and O–H groups in total. The highest BCUT2D eigenvalue weighted by Crippen LogP contribution is 2.51. The van der Waals surface area contributed by atoms with E-state index in [4.69, 9.17) is 9.79 Å². The van der Waals surface area contributed by atoms with E-state index in [9.17, 15) is 35.7 Å². The van der Waals surface area contributed by atoms with Gasteiger partial charge in [-0.1, -0.05) is 13.3 Å². The van der Waals surface area contributed by atoms with Crippen LogP contribution in [0.2, 0.25) is 0 Å². The number of esters is 1. The van der Waals surface area contributed by atoms with E-state index in [1.807, 2.05) is 0 Å². The maximum absolute atomic E-state index is 12.6. The van der Waals surface area contributed by atoms with Gasteiger partial charge in [0.25, 0.3) is 0 Å². The molecule has 0 fully saturated rings. The summed E-state index contributed by atoms with van der Waals surface area (Å²) in [6, 6.07) is 0. The SMILES string of the molecule is CCCCOC(=O)C(CC(F)(F)F)(CC(F)(F)F)CP(=O)(O)O. The minimum Gasteiger partial charge on any atom is -0.465 e. The summed E-state index contributed by atoms with van der Waals surface area (Å²) in [4.78, 5) is 29.5. The predicted octanol–water partition coefficient (Wildman–Crippen LogP) is 3.40. The van der Waals surface area contributed by atoms with Crippen LogP contribution in [-0.2, 0) is 14.1 Å². The normalized spacial score (nSPS) is 14.0. The minimum atomic E-state index is -5.35. The van der Waals surface area contributed by atoms with Gasteiger partial charge in [0, 0.05) is 0 Å². The number of rotatable bonds is 8. The van der Waals surface area contributed by atoms with Gasteiger partial charge in [0.1, 0.15) is 0 Å².